The summed E-state index contributed by atoms with van der Waals surface area (Å²) in [6.45, 7) is 0. The van der Waals surface area contributed by atoms with Gasteiger partial charge in [-0.3, -0.25) is 0 Å². The minimum atomic E-state index is 0.580. The van der Waals surface area contributed by atoms with Crippen LogP contribution in [0.15, 0.2) is 180 Å². The zero-order valence-electron chi connectivity index (χ0n) is 28.9. The summed E-state index contributed by atoms with van der Waals surface area (Å²) in [5, 5.41) is 4.21. The molecular weight excluding hydrogens is 728 g/mol. The fourth-order valence-corrected chi connectivity index (χ4v) is 8.02. The third kappa shape index (κ3) is 5.75. The van der Waals surface area contributed by atoms with Gasteiger partial charge in [-0.1, -0.05) is 66.7 Å². The molecule has 0 radical (unpaired) electrons. The summed E-state index contributed by atoms with van der Waals surface area (Å²) in [4.78, 5) is 19.9. The van der Waals surface area contributed by atoms with E-state index in [2.05, 4.69) is 119 Å². The van der Waals surface area contributed by atoms with E-state index in [9.17, 15) is 0 Å². The molecule has 0 spiro atoms. The van der Waals surface area contributed by atoms with Crippen LogP contribution in [0.5, 0.6) is 0 Å². The number of oxazole rings is 1. The Labute approximate surface area is 319 Å². The molecule has 0 fully saturated rings. The van der Waals surface area contributed by atoms with E-state index in [0.717, 1.165) is 66.0 Å². The van der Waals surface area contributed by atoms with Crippen LogP contribution >= 0.6 is 0 Å². The van der Waals surface area contributed by atoms with Crippen LogP contribution in [-0.4, -0.2) is 35.9 Å². The third-order valence-electron chi connectivity index (χ3n) is 9.85. The van der Waals surface area contributed by atoms with Crippen molar-refractivity contribution in [2.45, 2.75) is 0 Å². The van der Waals surface area contributed by atoms with Gasteiger partial charge in [0, 0.05) is 11.1 Å². The van der Waals surface area contributed by atoms with Gasteiger partial charge >= 0.3 is 211 Å². The molecule has 10 rings (SSSR count). The van der Waals surface area contributed by atoms with Crippen LogP contribution < -0.4 is 4.46 Å². The van der Waals surface area contributed by atoms with Gasteiger partial charge in [0.1, 0.15) is 0 Å². The number of nitrogens with zero attached hydrogens (tertiary/aromatic N) is 4. The van der Waals surface area contributed by atoms with Crippen LogP contribution in [0.3, 0.4) is 0 Å². The van der Waals surface area contributed by atoms with Gasteiger partial charge in [-0.2, -0.15) is 0 Å². The average Bonchev–Trinajstić information content (AvgIpc) is 3.69. The quantitative estimate of drug-likeness (QED) is 0.125. The fraction of sp³-hybridized carbons (Fsp3) is 0. The zero-order valence-corrected chi connectivity index (χ0v) is 30.8. The molecule has 2 heterocycles. The van der Waals surface area contributed by atoms with Crippen molar-refractivity contribution >= 4 is 53.1 Å². The van der Waals surface area contributed by atoms with Crippen LogP contribution in [-0.2, 0) is 0 Å². The Morgan fingerprint density at radius 1 is 0.389 bits per heavy atom. The zero-order chi connectivity index (χ0) is 36.0. The molecule has 2 aromatic heterocycles. The van der Waals surface area contributed by atoms with Gasteiger partial charge in [-0.05, 0) is 0 Å². The molecule has 0 amide bonds. The predicted octanol–water partition coefficient (Wildman–Crippen LogP) is 10.8. The molecule has 0 aliphatic carbocycles. The van der Waals surface area contributed by atoms with E-state index in [4.69, 9.17) is 24.4 Å². The SMILES string of the molecule is [SeH]c1c(-c2ccccc2)cccc1-c1cccc(-c2nc3ccc4ccc5ccc(-c6nc(-c7ccccc7)nc(-c7ccccc7)n6)cc5c4c3o2)c1. The molecule has 0 saturated carbocycles. The van der Waals surface area contributed by atoms with Gasteiger partial charge in [-0.15, -0.1) is 0 Å². The van der Waals surface area contributed by atoms with Crippen molar-refractivity contribution < 1.29 is 4.42 Å². The second-order valence-electron chi connectivity index (χ2n) is 13.2. The maximum atomic E-state index is 6.73. The van der Waals surface area contributed by atoms with E-state index in [1.807, 2.05) is 72.8 Å². The molecule has 5 nitrogen and oxygen atoms in total. The number of hydrogen-bond donors (Lipinski definition) is 0. The first-order chi connectivity index (χ1) is 26.7. The standard InChI is InChI=1S/C48H30N4OSe/c54-44-38(30-12-4-1-5-13-30)20-11-21-39(44)35-18-10-19-37(28-35)48-49-41-27-26-32-24-22-31-23-25-36(29-40(31)42(32)43(41)53-48)47-51-45(33-14-6-2-7-15-33)50-46(52-47)34-16-8-3-9-17-34/h1-29,54H. The van der Waals surface area contributed by atoms with E-state index in [1.165, 1.54) is 15.6 Å². The van der Waals surface area contributed by atoms with Crippen molar-refractivity contribution in [3.05, 3.63) is 176 Å². The molecule has 10 aromatic rings. The third-order valence-corrected chi connectivity index (χ3v) is 10.9. The predicted molar refractivity (Wildman–Crippen MR) is 222 cm³/mol. The summed E-state index contributed by atoms with van der Waals surface area (Å²) < 4.78 is 7.90. The monoisotopic (exact) mass is 758 g/mol. The molecule has 254 valence electrons. The van der Waals surface area contributed by atoms with Crippen LogP contribution in [0.1, 0.15) is 0 Å². The summed E-state index contributed by atoms with van der Waals surface area (Å²) in [5.74, 6) is 2.44. The summed E-state index contributed by atoms with van der Waals surface area (Å²) in [5.41, 5.74) is 9.87. The second-order valence-corrected chi connectivity index (χ2v) is 14.2. The summed E-state index contributed by atoms with van der Waals surface area (Å²) in [6.07, 6.45) is 0. The molecule has 0 atom stereocenters. The number of rotatable bonds is 6. The molecule has 0 aliphatic rings. The van der Waals surface area contributed by atoms with Crippen LogP contribution in [0, 0.1) is 0 Å². The fourth-order valence-electron chi connectivity index (χ4n) is 7.17. The summed E-state index contributed by atoms with van der Waals surface area (Å²) in [7, 11) is 0. The first kappa shape index (κ1) is 32.0. The van der Waals surface area contributed by atoms with Crippen LogP contribution in [0.25, 0.3) is 101 Å². The Kier molecular flexibility index (Phi) is 7.91. The van der Waals surface area contributed by atoms with E-state index >= 15 is 0 Å². The molecule has 54 heavy (non-hydrogen) atoms. The topological polar surface area (TPSA) is 64.7 Å². The molecule has 0 saturated heterocycles. The number of fused-ring (bicyclic) bond motifs is 5. The van der Waals surface area contributed by atoms with Gasteiger partial charge in [0.15, 0.2) is 17.5 Å². The molecular formula is C48H30N4OSe. The first-order valence-corrected chi connectivity index (χ1v) is 18.7. The minimum absolute atomic E-state index is 0.580. The average molecular weight is 758 g/mol. The van der Waals surface area contributed by atoms with Crippen molar-refractivity contribution in [2.24, 2.45) is 0 Å². The number of aromatic nitrogens is 4. The van der Waals surface area contributed by atoms with Crippen molar-refractivity contribution in [2.75, 3.05) is 0 Å². The van der Waals surface area contributed by atoms with Crippen LogP contribution in [0.4, 0.5) is 0 Å². The summed E-state index contributed by atoms with van der Waals surface area (Å²) in [6, 6.07) is 60.3. The summed E-state index contributed by atoms with van der Waals surface area (Å²) >= 11 is 2.77. The normalized spacial score (nSPS) is 11.4. The number of hydrogen-bond acceptors (Lipinski definition) is 5. The molecule has 0 aliphatic heterocycles. The van der Waals surface area contributed by atoms with E-state index < -0.39 is 0 Å². The van der Waals surface area contributed by atoms with Crippen molar-refractivity contribution in [1.29, 1.82) is 0 Å². The molecule has 0 bridgehead atoms. The van der Waals surface area contributed by atoms with Crippen molar-refractivity contribution in [3.63, 3.8) is 0 Å². The molecule has 8 aromatic carbocycles. The van der Waals surface area contributed by atoms with Crippen molar-refractivity contribution in [1.82, 2.24) is 19.9 Å². The second kappa shape index (κ2) is 13.4. The Hall–Kier alpha value is -6.72. The van der Waals surface area contributed by atoms with Gasteiger partial charge in [0.2, 0.25) is 0 Å². The Balaban J connectivity index is 1.10. The Morgan fingerprint density at radius 2 is 0.907 bits per heavy atom. The maximum absolute atomic E-state index is 6.73. The van der Waals surface area contributed by atoms with Gasteiger partial charge in [0.25, 0.3) is 0 Å². The Bertz CT molecular complexity index is 2940. The first-order valence-electron chi connectivity index (χ1n) is 17.8. The van der Waals surface area contributed by atoms with Gasteiger partial charge in [-0.25, -0.2) is 15.0 Å². The Morgan fingerprint density at radius 3 is 1.59 bits per heavy atom. The molecule has 6 heteroatoms. The molecule has 0 unspecified atom stereocenters. The van der Waals surface area contributed by atoms with Crippen molar-refractivity contribution in [3.8, 4) is 67.9 Å². The van der Waals surface area contributed by atoms with Crippen LogP contribution in [0.2, 0.25) is 0 Å². The van der Waals surface area contributed by atoms with Gasteiger partial charge in [0.05, 0.1) is 0 Å². The van der Waals surface area contributed by atoms with E-state index in [1.54, 1.807) is 0 Å². The molecule has 0 N–H and O–H groups in total. The number of benzene rings is 8. The van der Waals surface area contributed by atoms with E-state index in [0.29, 0.717) is 23.4 Å². The van der Waals surface area contributed by atoms with Gasteiger partial charge < -0.3 is 0 Å². The van der Waals surface area contributed by atoms with E-state index in [-0.39, 0.29) is 0 Å².